The number of nitrogens with one attached hydrogen (secondary N) is 2. The summed E-state index contributed by atoms with van der Waals surface area (Å²) in [5.74, 6) is 0.0205. The van der Waals surface area contributed by atoms with Gasteiger partial charge in [0.15, 0.2) is 0 Å². The highest BCUT2D eigenvalue weighted by Crippen LogP contribution is 2.27. The Morgan fingerprint density at radius 1 is 1.38 bits per heavy atom. The van der Waals surface area contributed by atoms with Crippen molar-refractivity contribution in [3.05, 3.63) is 17.0 Å². The standard InChI is InChI=1S/C16H28N4O/c1-5-10-20-13(3)14(12(2)19-20)15(21)18-11-16(4)6-8-17-9-7-16/h17H,5-11H2,1-4H3,(H,18,21). The summed E-state index contributed by atoms with van der Waals surface area (Å²) in [6, 6.07) is 0. The van der Waals surface area contributed by atoms with E-state index in [1.807, 2.05) is 18.5 Å². The predicted octanol–water partition coefficient (Wildman–Crippen LogP) is 2.03. The molecule has 5 nitrogen and oxygen atoms in total. The number of carbonyl (C=O) groups is 1. The molecule has 2 heterocycles. The molecule has 1 fully saturated rings. The van der Waals surface area contributed by atoms with Gasteiger partial charge in [0.2, 0.25) is 0 Å². The molecule has 2 N–H and O–H groups in total. The zero-order valence-electron chi connectivity index (χ0n) is 13.8. The van der Waals surface area contributed by atoms with Crippen LogP contribution in [0.2, 0.25) is 0 Å². The summed E-state index contributed by atoms with van der Waals surface area (Å²) in [6.07, 6.45) is 3.24. The number of amides is 1. The van der Waals surface area contributed by atoms with Crippen molar-refractivity contribution in [2.75, 3.05) is 19.6 Å². The van der Waals surface area contributed by atoms with Gasteiger partial charge in [-0.1, -0.05) is 13.8 Å². The van der Waals surface area contributed by atoms with E-state index in [0.29, 0.717) is 0 Å². The van der Waals surface area contributed by atoms with Crippen LogP contribution in [0.1, 0.15) is 54.9 Å². The van der Waals surface area contributed by atoms with Crippen molar-refractivity contribution in [1.82, 2.24) is 20.4 Å². The van der Waals surface area contributed by atoms with Crippen LogP contribution in [0.15, 0.2) is 0 Å². The lowest BCUT2D eigenvalue weighted by molar-refractivity contribution is 0.0921. The molecule has 0 atom stereocenters. The van der Waals surface area contributed by atoms with Gasteiger partial charge in [-0.15, -0.1) is 0 Å². The van der Waals surface area contributed by atoms with Gasteiger partial charge in [0.1, 0.15) is 0 Å². The number of nitrogens with zero attached hydrogens (tertiary/aromatic N) is 2. The van der Waals surface area contributed by atoms with Crippen LogP contribution in [-0.4, -0.2) is 35.3 Å². The van der Waals surface area contributed by atoms with Crippen molar-refractivity contribution >= 4 is 5.91 Å². The number of piperidine rings is 1. The maximum Gasteiger partial charge on any atom is 0.255 e. The first-order valence-electron chi connectivity index (χ1n) is 8.00. The van der Waals surface area contributed by atoms with E-state index in [4.69, 9.17) is 0 Å². The fraction of sp³-hybridized carbons (Fsp3) is 0.750. The Morgan fingerprint density at radius 3 is 2.67 bits per heavy atom. The minimum absolute atomic E-state index is 0.0205. The first-order valence-corrected chi connectivity index (χ1v) is 8.00. The molecule has 21 heavy (non-hydrogen) atoms. The summed E-state index contributed by atoms with van der Waals surface area (Å²) in [5.41, 5.74) is 2.76. The molecule has 0 radical (unpaired) electrons. The Bertz CT molecular complexity index is 501. The van der Waals surface area contributed by atoms with Crippen molar-refractivity contribution in [3.63, 3.8) is 0 Å². The van der Waals surface area contributed by atoms with E-state index in [1.54, 1.807) is 0 Å². The monoisotopic (exact) mass is 292 g/mol. The molecule has 1 aromatic rings. The second kappa shape index (κ2) is 6.60. The predicted molar refractivity (Wildman–Crippen MR) is 84.5 cm³/mol. The molecule has 0 aromatic carbocycles. The van der Waals surface area contributed by atoms with Crippen LogP contribution in [0.3, 0.4) is 0 Å². The van der Waals surface area contributed by atoms with Crippen molar-refractivity contribution in [1.29, 1.82) is 0 Å². The Hall–Kier alpha value is -1.36. The first-order chi connectivity index (χ1) is 9.97. The fourth-order valence-electron chi connectivity index (χ4n) is 3.04. The Morgan fingerprint density at radius 2 is 2.05 bits per heavy atom. The van der Waals surface area contributed by atoms with Gasteiger partial charge in [-0.25, -0.2) is 0 Å². The molecule has 1 amide bonds. The lowest BCUT2D eigenvalue weighted by Gasteiger charge is -2.34. The van der Waals surface area contributed by atoms with Crippen LogP contribution in [0.4, 0.5) is 0 Å². The Balaban J connectivity index is 2.03. The average molecular weight is 292 g/mol. The summed E-state index contributed by atoms with van der Waals surface area (Å²) >= 11 is 0. The zero-order chi connectivity index (χ0) is 15.5. The maximum absolute atomic E-state index is 12.5. The quantitative estimate of drug-likeness (QED) is 0.873. The molecule has 1 saturated heterocycles. The minimum Gasteiger partial charge on any atom is -0.351 e. The molecule has 0 bridgehead atoms. The number of hydrogen-bond donors (Lipinski definition) is 2. The van der Waals surface area contributed by atoms with E-state index in [1.165, 1.54) is 0 Å². The van der Waals surface area contributed by atoms with Crippen LogP contribution in [0.5, 0.6) is 0 Å². The van der Waals surface area contributed by atoms with Crippen molar-refractivity contribution in [2.24, 2.45) is 5.41 Å². The Kier molecular flexibility index (Phi) is 5.04. The molecule has 1 aliphatic rings. The van der Waals surface area contributed by atoms with E-state index in [2.05, 4.69) is 29.6 Å². The van der Waals surface area contributed by atoms with Crippen LogP contribution < -0.4 is 10.6 Å². The van der Waals surface area contributed by atoms with Gasteiger partial charge in [-0.2, -0.15) is 5.10 Å². The fourth-order valence-corrected chi connectivity index (χ4v) is 3.04. The van der Waals surface area contributed by atoms with E-state index in [0.717, 1.165) is 62.4 Å². The summed E-state index contributed by atoms with van der Waals surface area (Å²) < 4.78 is 1.94. The van der Waals surface area contributed by atoms with Gasteiger partial charge in [0, 0.05) is 18.8 Å². The molecule has 2 rings (SSSR count). The van der Waals surface area contributed by atoms with Crippen LogP contribution >= 0.6 is 0 Å². The molecule has 0 unspecified atom stereocenters. The zero-order valence-corrected chi connectivity index (χ0v) is 13.8. The molecule has 0 saturated carbocycles. The lowest BCUT2D eigenvalue weighted by atomic mass is 9.81. The average Bonchev–Trinajstić information content (AvgIpc) is 2.72. The van der Waals surface area contributed by atoms with Crippen LogP contribution in [0, 0.1) is 19.3 Å². The van der Waals surface area contributed by atoms with Crippen molar-refractivity contribution in [3.8, 4) is 0 Å². The third-order valence-corrected chi connectivity index (χ3v) is 4.53. The van der Waals surface area contributed by atoms with Crippen molar-refractivity contribution in [2.45, 2.75) is 53.5 Å². The molecular weight excluding hydrogens is 264 g/mol. The van der Waals surface area contributed by atoms with E-state index in [-0.39, 0.29) is 11.3 Å². The molecule has 1 aliphatic heterocycles. The highest BCUT2D eigenvalue weighted by Gasteiger charge is 2.28. The topological polar surface area (TPSA) is 59.0 Å². The largest absolute Gasteiger partial charge is 0.351 e. The second-order valence-electron chi connectivity index (χ2n) is 6.51. The summed E-state index contributed by atoms with van der Waals surface area (Å²) in [6.45, 7) is 12.0. The third-order valence-electron chi connectivity index (χ3n) is 4.53. The van der Waals surface area contributed by atoms with Gasteiger partial charge in [0.25, 0.3) is 5.91 Å². The molecular formula is C16H28N4O. The summed E-state index contributed by atoms with van der Waals surface area (Å²) in [7, 11) is 0. The lowest BCUT2D eigenvalue weighted by Crippen LogP contribution is -2.43. The van der Waals surface area contributed by atoms with Crippen LogP contribution in [0.25, 0.3) is 0 Å². The smallest absolute Gasteiger partial charge is 0.255 e. The summed E-state index contributed by atoms with van der Waals surface area (Å²) in [4.78, 5) is 12.5. The first kappa shape index (κ1) is 16.0. The molecule has 118 valence electrons. The maximum atomic E-state index is 12.5. The van der Waals surface area contributed by atoms with Gasteiger partial charge in [-0.05, 0) is 51.6 Å². The number of rotatable bonds is 5. The van der Waals surface area contributed by atoms with Gasteiger partial charge < -0.3 is 10.6 Å². The minimum atomic E-state index is 0.0205. The van der Waals surface area contributed by atoms with Gasteiger partial charge in [0.05, 0.1) is 11.3 Å². The Labute approximate surface area is 127 Å². The number of hydrogen-bond acceptors (Lipinski definition) is 3. The van der Waals surface area contributed by atoms with Gasteiger partial charge >= 0.3 is 0 Å². The van der Waals surface area contributed by atoms with Crippen molar-refractivity contribution < 1.29 is 4.79 Å². The van der Waals surface area contributed by atoms with E-state index in [9.17, 15) is 4.79 Å². The third kappa shape index (κ3) is 3.64. The molecule has 1 aromatic heterocycles. The SMILES string of the molecule is CCCn1nc(C)c(C(=O)NCC2(C)CCNCC2)c1C. The highest BCUT2D eigenvalue weighted by atomic mass is 16.1. The molecule has 0 aliphatic carbocycles. The number of aryl methyl sites for hydroxylation is 2. The molecule has 5 heteroatoms. The van der Waals surface area contributed by atoms with Crippen LogP contribution in [-0.2, 0) is 6.54 Å². The van der Waals surface area contributed by atoms with E-state index < -0.39 is 0 Å². The van der Waals surface area contributed by atoms with E-state index >= 15 is 0 Å². The number of carbonyl (C=O) groups excluding carboxylic acids is 1. The summed E-state index contributed by atoms with van der Waals surface area (Å²) in [5, 5.41) is 11.0. The molecule has 0 spiro atoms. The second-order valence-corrected chi connectivity index (χ2v) is 6.51. The normalized spacial score (nSPS) is 17.7. The number of aromatic nitrogens is 2. The van der Waals surface area contributed by atoms with Gasteiger partial charge in [-0.3, -0.25) is 9.48 Å². The highest BCUT2D eigenvalue weighted by molar-refractivity contribution is 5.96.